The first-order chi connectivity index (χ1) is 10.9. The molecular weight excluding hydrogens is 290 g/mol. The Kier molecular flexibility index (Phi) is 7.91. The van der Waals surface area contributed by atoms with Crippen LogP contribution in [0, 0.1) is 0 Å². The smallest absolute Gasteiger partial charge is 0.138 e. The maximum Gasteiger partial charge on any atom is 0.138 e. The van der Waals surface area contributed by atoms with Gasteiger partial charge in [0.25, 0.3) is 0 Å². The van der Waals surface area contributed by atoms with Crippen LogP contribution in [0.15, 0.2) is 60.7 Å². The van der Waals surface area contributed by atoms with Crippen LogP contribution in [-0.2, 0) is 22.7 Å². The summed E-state index contributed by atoms with van der Waals surface area (Å²) in [5, 5.41) is 0. The second-order valence-electron chi connectivity index (χ2n) is 5.02. The van der Waals surface area contributed by atoms with Crippen LogP contribution in [0.4, 0.5) is 0 Å². The summed E-state index contributed by atoms with van der Waals surface area (Å²) in [5.74, 6) is -0.160. The number of nitrogens with two attached hydrogens (primary N) is 1. The first-order valence-corrected chi connectivity index (χ1v) is 8.91. The molecule has 116 valence electrons. The average molecular weight is 313 g/mol. The summed E-state index contributed by atoms with van der Waals surface area (Å²) in [5.41, 5.74) is 7.90. The molecule has 2 aromatic carbocycles. The molecule has 0 aliphatic heterocycles. The minimum Gasteiger partial charge on any atom is -0.352 e. The van der Waals surface area contributed by atoms with Gasteiger partial charge < -0.3 is 15.2 Å². The summed E-state index contributed by atoms with van der Waals surface area (Å²) < 4.78 is 11.9. The van der Waals surface area contributed by atoms with Crippen molar-refractivity contribution in [2.75, 3.05) is 6.54 Å². The van der Waals surface area contributed by atoms with Crippen LogP contribution in [0.3, 0.4) is 0 Å². The van der Waals surface area contributed by atoms with Crippen LogP contribution in [0.5, 0.6) is 0 Å². The summed E-state index contributed by atoms with van der Waals surface area (Å²) in [7, 11) is 0.609. The van der Waals surface area contributed by atoms with Crippen molar-refractivity contribution in [3.63, 3.8) is 0 Å². The molecule has 2 radical (unpaired) electrons. The van der Waals surface area contributed by atoms with Gasteiger partial charge in [0.2, 0.25) is 0 Å². The zero-order valence-electron chi connectivity index (χ0n) is 12.8. The second kappa shape index (κ2) is 10.3. The second-order valence-corrected chi connectivity index (χ2v) is 6.40. The lowest BCUT2D eigenvalue weighted by atomic mass is 10.2. The molecule has 0 aliphatic rings. The quantitative estimate of drug-likeness (QED) is 0.416. The zero-order chi connectivity index (χ0) is 15.5. The van der Waals surface area contributed by atoms with Gasteiger partial charge in [-0.05, 0) is 24.1 Å². The number of rotatable bonds is 10. The lowest BCUT2D eigenvalue weighted by molar-refractivity contribution is -0.106. The van der Waals surface area contributed by atoms with Crippen molar-refractivity contribution in [2.45, 2.75) is 31.6 Å². The van der Waals surface area contributed by atoms with E-state index in [1.807, 2.05) is 36.4 Å². The van der Waals surface area contributed by atoms with Gasteiger partial charge in [-0.3, -0.25) is 0 Å². The normalized spacial score (nSPS) is 11.0. The van der Waals surface area contributed by atoms with Crippen molar-refractivity contribution >= 4 is 9.52 Å². The van der Waals surface area contributed by atoms with Gasteiger partial charge >= 0.3 is 0 Å². The third-order valence-electron chi connectivity index (χ3n) is 3.18. The van der Waals surface area contributed by atoms with E-state index in [0.29, 0.717) is 22.7 Å². The van der Waals surface area contributed by atoms with Crippen molar-refractivity contribution < 1.29 is 9.47 Å². The van der Waals surface area contributed by atoms with Crippen LogP contribution in [0.2, 0.25) is 6.04 Å². The van der Waals surface area contributed by atoms with E-state index in [9.17, 15) is 0 Å². The fourth-order valence-electron chi connectivity index (χ4n) is 1.98. The average Bonchev–Trinajstić information content (AvgIpc) is 2.59. The first kappa shape index (κ1) is 16.9. The van der Waals surface area contributed by atoms with E-state index in [1.165, 1.54) is 11.1 Å². The molecule has 2 N–H and O–H groups in total. The molecule has 3 nitrogen and oxygen atoms in total. The van der Waals surface area contributed by atoms with E-state index in [0.717, 1.165) is 19.0 Å². The summed E-state index contributed by atoms with van der Waals surface area (Å²) in [6, 6.07) is 21.4. The van der Waals surface area contributed by atoms with Gasteiger partial charge in [0.15, 0.2) is 0 Å². The van der Waals surface area contributed by atoms with Gasteiger partial charge in [0, 0.05) is 0 Å². The maximum atomic E-state index is 5.95. The third-order valence-corrected chi connectivity index (χ3v) is 4.49. The van der Waals surface area contributed by atoms with Crippen LogP contribution in [0.1, 0.15) is 17.5 Å². The molecule has 4 heteroatoms. The van der Waals surface area contributed by atoms with Crippen molar-refractivity contribution in [1.29, 1.82) is 0 Å². The van der Waals surface area contributed by atoms with Crippen molar-refractivity contribution in [1.82, 2.24) is 0 Å². The Morgan fingerprint density at radius 1 is 0.818 bits per heavy atom. The zero-order valence-corrected chi connectivity index (χ0v) is 13.8. The number of ether oxygens (including phenoxy) is 2. The van der Waals surface area contributed by atoms with E-state index in [1.54, 1.807) is 0 Å². The predicted molar refractivity (Wildman–Crippen MR) is 90.5 cm³/mol. The molecule has 0 unspecified atom stereocenters. The molecule has 0 aromatic heterocycles. The summed E-state index contributed by atoms with van der Waals surface area (Å²) in [4.78, 5) is 0. The van der Waals surface area contributed by atoms with E-state index < -0.39 is 0 Å². The van der Waals surface area contributed by atoms with Gasteiger partial charge in [-0.2, -0.15) is 0 Å². The van der Waals surface area contributed by atoms with Gasteiger partial charge in [-0.15, -0.1) is 0 Å². The van der Waals surface area contributed by atoms with Crippen LogP contribution in [-0.4, -0.2) is 22.0 Å². The number of benzene rings is 2. The monoisotopic (exact) mass is 313 g/mol. The van der Waals surface area contributed by atoms with Crippen molar-refractivity contribution in [2.24, 2.45) is 5.73 Å². The summed E-state index contributed by atoms with van der Waals surface area (Å²) >= 11 is 0. The predicted octanol–water partition coefficient (Wildman–Crippen LogP) is 3.17. The highest BCUT2D eigenvalue weighted by molar-refractivity contribution is 6.36. The highest BCUT2D eigenvalue weighted by Crippen LogP contribution is 2.09. The lowest BCUT2D eigenvalue weighted by Crippen LogP contribution is -2.25. The Balaban J connectivity index is 1.82. The lowest BCUT2D eigenvalue weighted by Gasteiger charge is -2.18. The highest BCUT2D eigenvalue weighted by atomic mass is 28.2. The van der Waals surface area contributed by atoms with E-state index in [4.69, 9.17) is 15.2 Å². The SMILES string of the molecule is NCCC[Si]C(OCc1ccccc1)OCc1ccccc1. The maximum absolute atomic E-state index is 5.95. The summed E-state index contributed by atoms with van der Waals surface area (Å²) in [6.45, 7) is 1.88. The van der Waals surface area contributed by atoms with Crippen molar-refractivity contribution in [3.05, 3.63) is 71.8 Å². The molecule has 0 bridgehead atoms. The molecule has 0 aliphatic carbocycles. The standard InChI is InChI=1S/C18H23NO2Si/c19-12-7-13-22-18(20-14-16-8-3-1-4-9-16)21-15-17-10-5-2-6-11-17/h1-6,8-11,18H,7,12-15,19H2. The first-order valence-electron chi connectivity index (χ1n) is 7.63. The molecule has 0 atom stereocenters. The Morgan fingerprint density at radius 3 is 1.77 bits per heavy atom. The molecule has 2 aromatic rings. The fourth-order valence-corrected chi connectivity index (χ4v) is 3.03. The molecule has 0 saturated heterocycles. The van der Waals surface area contributed by atoms with Gasteiger partial charge in [-0.1, -0.05) is 66.7 Å². The van der Waals surface area contributed by atoms with E-state index >= 15 is 0 Å². The Bertz CT molecular complexity index is 464. The molecule has 0 saturated carbocycles. The Labute approximate surface area is 135 Å². The molecule has 0 fully saturated rings. The highest BCUT2D eigenvalue weighted by Gasteiger charge is 2.11. The van der Waals surface area contributed by atoms with Gasteiger partial charge in [-0.25, -0.2) is 0 Å². The molecule has 0 spiro atoms. The van der Waals surface area contributed by atoms with E-state index in [-0.39, 0.29) is 5.91 Å². The minimum absolute atomic E-state index is 0.160. The van der Waals surface area contributed by atoms with Gasteiger partial charge in [0.1, 0.15) is 15.4 Å². The largest absolute Gasteiger partial charge is 0.352 e. The van der Waals surface area contributed by atoms with Crippen molar-refractivity contribution in [3.8, 4) is 0 Å². The topological polar surface area (TPSA) is 44.5 Å². The van der Waals surface area contributed by atoms with Crippen LogP contribution < -0.4 is 5.73 Å². The fraction of sp³-hybridized carbons (Fsp3) is 0.333. The summed E-state index contributed by atoms with van der Waals surface area (Å²) in [6.07, 6.45) is 1.01. The van der Waals surface area contributed by atoms with Gasteiger partial charge in [0.05, 0.1) is 13.2 Å². The molecular formula is C18H23NO2Si. The third kappa shape index (κ3) is 6.53. The van der Waals surface area contributed by atoms with Crippen LogP contribution >= 0.6 is 0 Å². The number of hydrogen-bond acceptors (Lipinski definition) is 3. The minimum atomic E-state index is -0.160. The Hall–Kier alpha value is -1.46. The van der Waals surface area contributed by atoms with E-state index in [2.05, 4.69) is 24.3 Å². The molecule has 0 amide bonds. The number of hydrogen-bond donors (Lipinski definition) is 1. The van der Waals surface area contributed by atoms with Crippen LogP contribution in [0.25, 0.3) is 0 Å². The molecule has 2 rings (SSSR count). The molecule has 0 heterocycles. The molecule has 22 heavy (non-hydrogen) atoms. The Morgan fingerprint density at radius 2 is 1.32 bits per heavy atom.